The molecule has 0 fully saturated rings. The number of rotatable bonds is 6. The third-order valence-electron chi connectivity index (χ3n) is 1.97. The van der Waals surface area contributed by atoms with Gasteiger partial charge in [-0.05, 0) is 7.05 Å². The topological polar surface area (TPSA) is 82.5 Å². The number of carboxylic acids is 1. The van der Waals surface area contributed by atoms with Gasteiger partial charge in [0.25, 0.3) is 0 Å². The Balaban J connectivity index is 2.42. The molecule has 1 aromatic heterocycles. The van der Waals surface area contributed by atoms with Gasteiger partial charge in [0, 0.05) is 25.4 Å². The van der Waals surface area contributed by atoms with Crippen molar-refractivity contribution in [3.8, 4) is 0 Å². The van der Waals surface area contributed by atoms with Crippen molar-refractivity contribution < 1.29 is 14.7 Å². The Bertz CT molecular complexity index is 405. The van der Waals surface area contributed by atoms with Crippen LogP contribution >= 0.6 is 11.3 Å². The maximum Gasteiger partial charge on any atom is 0.304 e. The van der Waals surface area contributed by atoms with Crippen LogP contribution in [-0.4, -0.2) is 40.5 Å². The molecule has 0 spiro atoms. The Kier molecular flexibility index (Phi) is 5.05. The number of nitrogens with one attached hydrogen (secondary N) is 1. The number of carbonyl (C=O) groups excluding carboxylic acids is 1. The van der Waals surface area contributed by atoms with Crippen LogP contribution in [0.15, 0.2) is 5.38 Å². The third-order valence-corrected chi connectivity index (χ3v) is 2.78. The molecule has 7 heteroatoms. The number of aromatic nitrogens is 1. The van der Waals surface area contributed by atoms with Gasteiger partial charge in [0.15, 0.2) is 5.13 Å². The minimum absolute atomic E-state index is 0.110. The molecule has 0 atom stereocenters. The number of carboxylic acid groups (broad SMARTS) is 1. The highest BCUT2D eigenvalue weighted by Gasteiger charge is 2.07. The van der Waals surface area contributed by atoms with Gasteiger partial charge in [-0.1, -0.05) is 0 Å². The Morgan fingerprint density at radius 3 is 2.88 bits per heavy atom. The lowest BCUT2D eigenvalue weighted by molar-refractivity contribution is -0.137. The summed E-state index contributed by atoms with van der Waals surface area (Å²) in [5, 5.41) is 13.6. The van der Waals surface area contributed by atoms with Gasteiger partial charge >= 0.3 is 5.97 Å². The molecule has 0 aromatic carbocycles. The third kappa shape index (κ3) is 5.41. The van der Waals surface area contributed by atoms with Crippen LogP contribution in [0.4, 0.5) is 5.13 Å². The quantitative estimate of drug-likeness (QED) is 0.794. The van der Waals surface area contributed by atoms with Gasteiger partial charge in [-0.15, -0.1) is 11.3 Å². The van der Waals surface area contributed by atoms with Crippen LogP contribution in [0.3, 0.4) is 0 Å². The first-order valence-corrected chi connectivity index (χ1v) is 5.97. The van der Waals surface area contributed by atoms with Crippen molar-refractivity contribution in [2.24, 2.45) is 0 Å². The predicted octanol–water partition coefficient (Wildman–Crippen LogP) is 1.01. The Labute approximate surface area is 103 Å². The number of amides is 1. The van der Waals surface area contributed by atoms with Crippen LogP contribution < -0.4 is 5.32 Å². The lowest BCUT2D eigenvalue weighted by Crippen LogP contribution is -2.21. The summed E-state index contributed by atoms with van der Waals surface area (Å²) < 4.78 is 0. The smallest absolute Gasteiger partial charge is 0.304 e. The van der Waals surface area contributed by atoms with Crippen LogP contribution in [0.1, 0.15) is 19.0 Å². The van der Waals surface area contributed by atoms with E-state index in [2.05, 4.69) is 10.3 Å². The van der Waals surface area contributed by atoms with Crippen LogP contribution in [0.5, 0.6) is 0 Å². The SMILES string of the molecule is CC(=O)Nc1nc(CN(C)CCC(=O)O)cs1. The van der Waals surface area contributed by atoms with E-state index in [1.165, 1.54) is 18.3 Å². The molecule has 94 valence electrons. The maximum absolute atomic E-state index is 10.8. The summed E-state index contributed by atoms with van der Waals surface area (Å²) in [5.41, 5.74) is 0.826. The van der Waals surface area contributed by atoms with E-state index in [1.807, 2.05) is 17.3 Å². The molecule has 1 heterocycles. The molecule has 0 saturated carbocycles. The number of aliphatic carboxylic acids is 1. The average molecular weight is 257 g/mol. The number of thiazole rings is 1. The van der Waals surface area contributed by atoms with Crippen molar-refractivity contribution in [3.05, 3.63) is 11.1 Å². The van der Waals surface area contributed by atoms with E-state index in [1.54, 1.807) is 0 Å². The molecule has 0 unspecified atom stereocenters. The summed E-state index contributed by atoms with van der Waals surface area (Å²) in [6.45, 7) is 2.48. The lowest BCUT2D eigenvalue weighted by atomic mass is 10.3. The first kappa shape index (κ1) is 13.6. The van der Waals surface area contributed by atoms with E-state index in [0.717, 1.165) is 5.69 Å². The highest BCUT2D eigenvalue weighted by atomic mass is 32.1. The molecule has 1 aromatic rings. The number of hydrogen-bond donors (Lipinski definition) is 2. The lowest BCUT2D eigenvalue weighted by Gasteiger charge is -2.13. The second-order valence-corrected chi connectivity index (χ2v) is 4.56. The van der Waals surface area contributed by atoms with Gasteiger partial charge in [0.2, 0.25) is 5.91 Å². The first-order chi connectivity index (χ1) is 7.97. The fourth-order valence-electron chi connectivity index (χ4n) is 1.23. The van der Waals surface area contributed by atoms with Gasteiger partial charge in [0.05, 0.1) is 12.1 Å². The summed E-state index contributed by atoms with van der Waals surface area (Å²) in [6, 6.07) is 0. The average Bonchev–Trinajstić information content (AvgIpc) is 2.61. The summed E-state index contributed by atoms with van der Waals surface area (Å²) in [6.07, 6.45) is 0.110. The molecule has 2 N–H and O–H groups in total. The molecule has 0 aliphatic carbocycles. The minimum atomic E-state index is -0.811. The molecular formula is C10H15N3O3S. The Morgan fingerprint density at radius 1 is 1.59 bits per heavy atom. The van der Waals surface area contributed by atoms with Crippen LogP contribution in [-0.2, 0) is 16.1 Å². The van der Waals surface area contributed by atoms with Crippen molar-refractivity contribution in [2.45, 2.75) is 19.9 Å². The fraction of sp³-hybridized carbons (Fsp3) is 0.500. The first-order valence-electron chi connectivity index (χ1n) is 5.09. The minimum Gasteiger partial charge on any atom is -0.481 e. The molecule has 0 bridgehead atoms. The predicted molar refractivity (Wildman–Crippen MR) is 65.0 cm³/mol. The fourth-order valence-corrected chi connectivity index (χ4v) is 1.98. The Morgan fingerprint density at radius 2 is 2.29 bits per heavy atom. The van der Waals surface area contributed by atoms with E-state index in [-0.39, 0.29) is 12.3 Å². The number of anilines is 1. The van der Waals surface area contributed by atoms with Crippen LogP contribution in [0, 0.1) is 0 Å². The van der Waals surface area contributed by atoms with Gasteiger partial charge in [-0.3, -0.25) is 14.5 Å². The maximum atomic E-state index is 10.8. The summed E-state index contributed by atoms with van der Waals surface area (Å²) in [5.74, 6) is -0.959. The second-order valence-electron chi connectivity index (χ2n) is 3.71. The van der Waals surface area contributed by atoms with Crippen molar-refractivity contribution in [1.82, 2.24) is 9.88 Å². The molecule has 6 nitrogen and oxygen atoms in total. The monoisotopic (exact) mass is 257 g/mol. The molecule has 0 radical (unpaired) electrons. The molecular weight excluding hydrogens is 242 g/mol. The molecule has 0 aliphatic rings. The van der Waals surface area contributed by atoms with Gasteiger partial charge in [0.1, 0.15) is 0 Å². The van der Waals surface area contributed by atoms with Gasteiger partial charge in [-0.2, -0.15) is 0 Å². The van der Waals surface area contributed by atoms with Gasteiger partial charge < -0.3 is 10.4 Å². The highest BCUT2D eigenvalue weighted by Crippen LogP contribution is 2.16. The van der Waals surface area contributed by atoms with Crippen molar-refractivity contribution in [3.63, 3.8) is 0 Å². The number of nitrogens with zero attached hydrogens (tertiary/aromatic N) is 2. The molecule has 0 saturated heterocycles. The zero-order valence-corrected chi connectivity index (χ0v) is 10.6. The molecule has 0 aliphatic heterocycles. The van der Waals surface area contributed by atoms with E-state index in [0.29, 0.717) is 18.2 Å². The van der Waals surface area contributed by atoms with Crippen LogP contribution in [0.2, 0.25) is 0 Å². The largest absolute Gasteiger partial charge is 0.481 e. The molecule has 17 heavy (non-hydrogen) atoms. The van der Waals surface area contributed by atoms with E-state index >= 15 is 0 Å². The van der Waals surface area contributed by atoms with Crippen molar-refractivity contribution >= 4 is 28.3 Å². The zero-order chi connectivity index (χ0) is 12.8. The van der Waals surface area contributed by atoms with Crippen LogP contribution in [0.25, 0.3) is 0 Å². The van der Waals surface area contributed by atoms with E-state index in [4.69, 9.17) is 5.11 Å². The molecule has 1 amide bonds. The Hall–Kier alpha value is -1.47. The van der Waals surface area contributed by atoms with E-state index in [9.17, 15) is 9.59 Å². The summed E-state index contributed by atoms with van der Waals surface area (Å²) >= 11 is 1.36. The summed E-state index contributed by atoms with van der Waals surface area (Å²) in [4.78, 5) is 27.3. The number of carbonyl (C=O) groups is 2. The standard InChI is InChI=1S/C10H15N3O3S/c1-7(14)11-10-12-8(6-17-10)5-13(2)4-3-9(15)16/h6H,3-5H2,1-2H3,(H,15,16)(H,11,12,14). The highest BCUT2D eigenvalue weighted by molar-refractivity contribution is 7.13. The number of hydrogen-bond acceptors (Lipinski definition) is 5. The van der Waals surface area contributed by atoms with E-state index < -0.39 is 5.97 Å². The van der Waals surface area contributed by atoms with Crippen molar-refractivity contribution in [2.75, 3.05) is 18.9 Å². The summed E-state index contributed by atoms with van der Waals surface area (Å²) in [7, 11) is 1.83. The normalized spacial score (nSPS) is 10.5. The van der Waals surface area contributed by atoms with Crippen molar-refractivity contribution in [1.29, 1.82) is 0 Å². The molecule has 1 rings (SSSR count). The second kappa shape index (κ2) is 6.31. The zero-order valence-electron chi connectivity index (χ0n) is 9.77. The van der Waals surface area contributed by atoms with Gasteiger partial charge in [-0.25, -0.2) is 4.98 Å².